The Labute approximate surface area is 116 Å². The Morgan fingerprint density at radius 1 is 1.17 bits per heavy atom. The van der Waals surface area contributed by atoms with Crippen LogP contribution in [0.25, 0.3) is 0 Å². The molecule has 0 aliphatic heterocycles. The molecular formula is C14H12Cl2FN. The van der Waals surface area contributed by atoms with Crippen LogP contribution < -0.4 is 5.32 Å². The summed E-state index contributed by atoms with van der Waals surface area (Å²) in [5, 5.41) is 3.93. The van der Waals surface area contributed by atoms with Crippen molar-refractivity contribution in [3.05, 3.63) is 63.4 Å². The van der Waals surface area contributed by atoms with Crippen molar-refractivity contribution in [1.82, 2.24) is 0 Å². The molecule has 1 N–H and O–H groups in total. The second-order valence-electron chi connectivity index (χ2n) is 4.05. The van der Waals surface area contributed by atoms with Crippen LogP contribution in [0.5, 0.6) is 0 Å². The van der Waals surface area contributed by atoms with Crippen LogP contribution >= 0.6 is 23.2 Å². The maximum Gasteiger partial charge on any atom is 0.142 e. The highest BCUT2D eigenvalue weighted by Gasteiger charge is 2.06. The smallest absolute Gasteiger partial charge is 0.142 e. The van der Waals surface area contributed by atoms with Gasteiger partial charge in [0.15, 0.2) is 0 Å². The highest BCUT2D eigenvalue weighted by atomic mass is 35.5. The molecular weight excluding hydrogens is 272 g/mol. The van der Waals surface area contributed by atoms with E-state index in [1.54, 1.807) is 12.1 Å². The van der Waals surface area contributed by atoms with Crippen LogP contribution in [0.2, 0.25) is 10.0 Å². The van der Waals surface area contributed by atoms with Gasteiger partial charge >= 0.3 is 0 Å². The molecule has 0 atom stereocenters. The standard InChI is InChI=1S/C14H12Cl2FN/c1-9-5-6-11(15)13(7-9)18-8-10-3-2-4-12(17)14(10)16/h2-7,18H,8H2,1H3. The molecule has 18 heavy (non-hydrogen) atoms. The molecule has 0 amide bonds. The number of hydrogen-bond acceptors (Lipinski definition) is 1. The molecule has 0 fully saturated rings. The van der Waals surface area contributed by atoms with E-state index in [9.17, 15) is 4.39 Å². The van der Waals surface area contributed by atoms with Crippen molar-refractivity contribution in [2.45, 2.75) is 13.5 Å². The number of aryl methyl sites for hydroxylation is 1. The molecule has 0 saturated carbocycles. The minimum atomic E-state index is -0.411. The summed E-state index contributed by atoms with van der Waals surface area (Å²) in [7, 11) is 0. The van der Waals surface area contributed by atoms with E-state index in [1.807, 2.05) is 25.1 Å². The third kappa shape index (κ3) is 2.95. The summed E-state index contributed by atoms with van der Waals surface area (Å²) in [6.45, 7) is 2.41. The van der Waals surface area contributed by atoms with E-state index in [4.69, 9.17) is 23.2 Å². The minimum Gasteiger partial charge on any atom is -0.380 e. The number of halogens is 3. The SMILES string of the molecule is Cc1ccc(Cl)c(NCc2cccc(F)c2Cl)c1. The topological polar surface area (TPSA) is 12.0 Å². The van der Waals surface area contributed by atoms with Crippen LogP contribution in [0, 0.1) is 12.7 Å². The third-order valence-electron chi connectivity index (χ3n) is 2.62. The molecule has 0 unspecified atom stereocenters. The Morgan fingerprint density at radius 2 is 1.94 bits per heavy atom. The van der Waals surface area contributed by atoms with E-state index in [2.05, 4.69) is 5.32 Å². The second kappa shape index (κ2) is 5.59. The van der Waals surface area contributed by atoms with Crippen molar-refractivity contribution in [2.75, 3.05) is 5.32 Å². The Balaban J connectivity index is 2.16. The van der Waals surface area contributed by atoms with Crippen molar-refractivity contribution < 1.29 is 4.39 Å². The zero-order chi connectivity index (χ0) is 13.1. The molecule has 2 aromatic rings. The summed E-state index contributed by atoms with van der Waals surface area (Å²) in [5.74, 6) is -0.411. The average Bonchev–Trinajstić information content (AvgIpc) is 2.35. The molecule has 0 radical (unpaired) electrons. The van der Waals surface area contributed by atoms with Gasteiger partial charge in [-0.25, -0.2) is 4.39 Å². The second-order valence-corrected chi connectivity index (χ2v) is 4.83. The molecule has 94 valence electrons. The Kier molecular flexibility index (Phi) is 4.10. The van der Waals surface area contributed by atoms with Gasteiger partial charge < -0.3 is 5.32 Å². The van der Waals surface area contributed by atoms with Gasteiger partial charge in [0.2, 0.25) is 0 Å². The van der Waals surface area contributed by atoms with E-state index in [-0.39, 0.29) is 5.02 Å². The van der Waals surface area contributed by atoms with Gasteiger partial charge in [0, 0.05) is 6.54 Å². The quantitative estimate of drug-likeness (QED) is 0.831. The van der Waals surface area contributed by atoms with E-state index in [0.29, 0.717) is 17.1 Å². The number of rotatable bonds is 3. The molecule has 0 bridgehead atoms. The molecule has 2 rings (SSSR count). The van der Waals surface area contributed by atoms with E-state index in [0.717, 1.165) is 11.3 Å². The van der Waals surface area contributed by atoms with Crippen LogP contribution in [0.3, 0.4) is 0 Å². The van der Waals surface area contributed by atoms with E-state index < -0.39 is 5.82 Å². The van der Waals surface area contributed by atoms with E-state index >= 15 is 0 Å². The highest BCUT2D eigenvalue weighted by molar-refractivity contribution is 6.33. The van der Waals surface area contributed by atoms with Gasteiger partial charge in [0.25, 0.3) is 0 Å². The van der Waals surface area contributed by atoms with Gasteiger partial charge in [0.05, 0.1) is 15.7 Å². The Bertz CT molecular complexity index is 568. The molecule has 4 heteroatoms. The number of nitrogens with one attached hydrogen (secondary N) is 1. The van der Waals surface area contributed by atoms with Gasteiger partial charge in [-0.3, -0.25) is 0 Å². The van der Waals surface area contributed by atoms with Gasteiger partial charge in [-0.05, 0) is 36.2 Å². The molecule has 1 nitrogen and oxygen atoms in total. The fourth-order valence-electron chi connectivity index (χ4n) is 1.65. The first-order chi connectivity index (χ1) is 8.58. The highest BCUT2D eigenvalue weighted by Crippen LogP contribution is 2.25. The summed E-state index contributed by atoms with van der Waals surface area (Å²) in [6.07, 6.45) is 0. The first-order valence-corrected chi connectivity index (χ1v) is 6.26. The lowest BCUT2D eigenvalue weighted by Crippen LogP contribution is -2.01. The minimum absolute atomic E-state index is 0.147. The normalized spacial score (nSPS) is 10.4. The maximum atomic E-state index is 13.3. The van der Waals surface area contributed by atoms with Crippen molar-refractivity contribution in [1.29, 1.82) is 0 Å². The predicted molar refractivity (Wildman–Crippen MR) is 74.9 cm³/mol. The fourth-order valence-corrected chi connectivity index (χ4v) is 2.03. The fraction of sp³-hybridized carbons (Fsp3) is 0.143. The number of hydrogen-bond donors (Lipinski definition) is 1. The zero-order valence-corrected chi connectivity index (χ0v) is 11.3. The summed E-state index contributed by atoms with van der Waals surface area (Å²) in [6, 6.07) is 10.5. The largest absolute Gasteiger partial charge is 0.380 e. The molecule has 2 aromatic carbocycles. The van der Waals surface area contributed by atoms with Crippen LogP contribution in [0.4, 0.5) is 10.1 Å². The number of benzene rings is 2. The lowest BCUT2D eigenvalue weighted by Gasteiger charge is -2.10. The molecule has 0 aromatic heterocycles. The van der Waals surface area contributed by atoms with E-state index in [1.165, 1.54) is 6.07 Å². The van der Waals surface area contributed by atoms with Crippen LogP contribution in [0.15, 0.2) is 36.4 Å². The molecule has 0 aliphatic carbocycles. The Hall–Kier alpha value is -1.25. The van der Waals surface area contributed by atoms with Crippen molar-refractivity contribution in [3.63, 3.8) is 0 Å². The lowest BCUT2D eigenvalue weighted by atomic mass is 10.2. The summed E-state index contributed by atoms with van der Waals surface area (Å²) in [4.78, 5) is 0. The van der Waals surface area contributed by atoms with Crippen LogP contribution in [0.1, 0.15) is 11.1 Å². The van der Waals surface area contributed by atoms with Crippen molar-refractivity contribution in [2.24, 2.45) is 0 Å². The Morgan fingerprint density at radius 3 is 2.72 bits per heavy atom. The van der Waals surface area contributed by atoms with Crippen LogP contribution in [-0.4, -0.2) is 0 Å². The molecule has 0 saturated heterocycles. The summed E-state index contributed by atoms with van der Waals surface area (Å²) in [5.41, 5.74) is 2.62. The van der Waals surface area contributed by atoms with Gasteiger partial charge in [0.1, 0.15) is 5.82 Å². The predicted octanol–water partition coefficient (Wildman–Crippen LogP) is 5.05. The first kappa shape index (κ1) is 13.2. The maximum absolute atomic E-state index is 13.3. The number of anilines is 1. The lowest BCUT2D eigenvalue weighted by molar-refractivity contribution is 0.626. The first-order valence-electron chi connectivity index (χ1n) is 5.51. The van der Waals surface area contributed by atoms with Gasteiger partial charge in [-0.2, -0.15) is 0 Å². The monoisotopic (exact) mass is 283 g/mol. The van der Waals surface area contributed by atoms with Crippen molar-refractivity contribution in [3.8, 4) is 0 Å². The van der Waals surface area contributed by atoms with Crippen molar-refractivity contribution >= 4 is 28.9 Å². The summed E-state index contributed by atoms with van der Waals surface area (Å²) >= 11 is 11.9. The third-order valence-corrected chi connectivity index (χ3v) is 3.38. The molecule has 0 heterocycles. The molecule has 0 spiro atoms. The van der Waals surface area contributed by atoms with Gasteiger partial charge in [-0.15, -0.1) is 0 Å². The molecule has 0 aliphatic rings. The van der Waals surface area contributed by atoms with Crippen LogP contribution in [-0.2, 0) is 6.54 Å². The average molecular weight is 284 g/mol. The zero-order valence-electron chi connectivity index (χ0n) is 9.81. The summed E-state index contributed by atoms with van der Waals surface area (Å²) < 4.78 is 13.3. The van der Waals surface area contributed by atoms with Gasteiger partial charge in [-0.1, -0.05) is 41.4 Å².